The van der Waals surface area contributed by atoms with Crippen molar-refractivity contribution in [2.45, 2.75) is 4.90 Å². The Morgan fingerprint density at radius 2 is 1.81 bits per heavy atom. The molecule has 0 saturated heterocycles. The number of benzene rings is 2. The molecule has 2 heterocycles. The summed E-state index contributed by atoms with van der Waals surface area (Å²) in [6, 6.07) is 9.03. The molecule has 0 spiro atoms. The van der Waals surface area contributed by atoms with Crippen LogP contribution in [0.15, 0.2) is 51.5 Å². The van der Waals surface area contributed by atoms with E-state index in [2.05, 4.69) is 25.4 Å². The van der Waals surface area contributed by atoms with Gasteiger partial charge >= 0.3 is 0 Å². The zero-order valence-corrected chi connectivity index (χ0v) is 14.5. The molecule has 0 unspecified atom stereocenters. The average Bonchev–Trinajstić information content (AvgIpc) is 3.12. The zero-order chi connectivity index (χ0) is 18.5. The number of aromatic nitrogens is 3. The highest BCUT2D eigenvalue weighted by molar-refractivity contribution is 7.89. The maximum atomic E-state index is 11.3. The molecule has 0 atom stereocenters. The van der Waals surface area contributed by atoms with Crippen molar-refractivity contribution in [3.63, 3.8) is 0 Å². The van der Waals surface area contributed by atoms with E-state index in [-0.39, 0.29) is 16.5 Å². The molecule has 0 saturated carbocycles. The minimum absolute atomic E-state index is 0.0296. The number of azo groups is 1. The van der Waals surface area contributed by atoms with Crippen LogP contribution in [0.25, 0.3) is 21.8 Å². The molecule has 11 heteroatoms. The standard InChI is InChI=1S/C15H11ClN6O3S/c16-14-9-5-6-10-11(12(9)20-22-14)13(15(23)18-10)21-19-7-1-3-8(4-2-7)26(17,24)25/h1-6,20,22-23H,(H2,17,24,25). The first kappa shape index (κ1) is 16.5. The van der Waals surface area contributed by atoms with Gasteiger partial charge in [-0.3, -0.25) is 10.2 Å². The van der Waals surface area contributed by atoms with Crippen molar-refractivity contribution in [1.82, 2.24) is 15.2 Å². The summed E-state index contributed by atoms with van der Waals surface area (Å²) in [7, 11) is -3.78. The van der Waals surface area contributed by atoms with Crippen LogP contribution >= 0.6 is 11.6 Å². The summed E-state index contributed by atoms with van der Waals surface area (Å²) < 4.78 is 22.5. The molecule has 2 aromatic heterocycles. The number of rotatable bonds is 3. The number of fused-ring (bicyclic) bond motifs is 3. The van der Waals surface area contributed by atoms with Crippen molar-refractivity contribution >= 4 is 54.8 Å². The van der Waals surface area contributed by atoms with Gasteiger partial charge < -0.3 is 5.11 Å². The van der Waals surface area contributed by atoms with E-state index in [0.29, 0.717) is 27.3 Å². The minimum atomic E-state index is -3.78. The third kappa shape index (κ3) is 2.69. The molecule has 132 valence electrons. The second kappa shape index (κ2) is 5.80. The quantitative estimate of drug-likeness (QED) is 0.396. The third-order valence-electron chi connectivity index (χ3n) is 3.82. The molecule has 0 bridgehead atoms. The van der Waals surface area contributed by atoms with E-state index < -0.39 is 10.0 Å². The van der Waals surface area contributed by atoms with Crippen LogP contribution in [0.4, 0.5) is 11.4 Å². The molecule has 5 N–H and O–H groups in total. The van der Waals surface area contributed by atoms with Gasteiger partial charge in [0.25, 0.3) is 0 Å². The van der Waals surface area contributed by atoms with Gasteiger partial charge in [-0.15, -0.1) is 5.11 Å². The van der Waals surface area contributed by atoms with Crippen LogP contribution in [-0.4, -0.2) is 28.7 Å². The average molecular weight is 391 g/mol. The molecule has 0 aliphatic carbocycles. The maximum absolute atomic E-state index is 11.3. The van der Waals surface area contributed by atoms with Crippen molar-refractivity contribution in [2.75, 3.05) is 0 Å². The van der Waals surface area contributed by atoms with Gasteiger partial charge in [-0.25, -0.2) is 18.5 Å². The normalized spacial score (nSPS) is 12.5. The van der Waals surface area contributed by atoms with Gasteiger partial charge in [0.15, 0.2) is 5.69 Å². The van der Waals surface area contributed by atoms with Crippen LogP contribution in [0.3, 0.4) is 0 Å². The number of nitrogens with one attached hydrogen (secondary N) is 2. The Balaban J connectivity index is 1.80. The van der Waals surface area contributed by atoms with Crippen LogP contribution in [0.5, 0.6) is 5.88 Å². The fraction of sp³-hybridized carbons (Fsp3) is 0. The van der Waals surface area contributed by atoms with Crippen LogP contribution in [0, 0.1) is 0 Å². The van der Waals surface area contributed by atoms with Crippen molar-refractivity contribution < 1.29 is 13.5 Å². The number of aromatic hydroxyl groups is 1. The molecule has 0 radical (unpaired) electrons. The second-order valence-corrected chi connectivity index (χ2v) is 7.41. The van der Waals surface area contributed by atoms with E-state index in [1.54, 1.807) is 12.1 Å². The van der Waals surface area contributed by atoms with Crippen LogP contribution in [0.1, 0.15) is 0 Å². The Kier molecular flexibility index (Phi) is 3.68. The molecular weight excluding hydrogens is 380 g/mol. The summed E-state index contributed by atoms with van der Waals surface area (Å²) in [5, 5.41) is 30.7. The summed E-state index contributed by atoms with van der Waals surface area (Å²) in [4.78, 5) is 4.03. The fourth-order valence-electron chi connectivity index (χ4n) is 2.61. The fourth-order valence-corrected chi connectivity index (χ4v) is 3.33. The first-order valence-corrected chi connectivity index (χ1v) is 9.19. The van der Waals surface area contributed by atoms with Crippen molar-refractivity contribution in [3.05, 3.63) is 41.6 Å². The van der Waals surface area contributed by atoms with Gasteiger partial charge in [-0.2, -0.15) is 5.11 Å². The number of nitrogens with zero attached hydrogens (tertiary/aromatic N) is 3. The van der Waals surface area contributed by atoms with Gasteiger partial charge in [0, 0.05) is 5.39 Å². The molecule has 0 aliphatic rings. The zero-order valence-electron chi connectivity index (χ0n) is 12.9. The lowest BCUT2D eigenvalue weighted by atomic mass is 10.1. The van der Waals surface area contributed by atoms with Gasteiger partial charge in [0.1, 0.15) is 5.15 Å². The first-order valence-electron chi connectivity index (χ1n) is 7.26. The lowest BCUT2D eigenvalue weighted by molar-refractivity contribution is 0.459. The van der Waals surface area contributed by atoms with Crippen LogP contribution in [-0.2, 0) is 10.0 Å². The summed E-state index contributed by atoms with van der Waals surface area (Å²) >= 11 is 6.07. The highest BCUT2D eigenvalue weighted by atomic mass is 35.5. The summed E-state index contributed by atoms with van der Waals surface area (Å²) in [5.41, 5.74) is 1.72. The minimum Gasteiger partial charge on any atom is -0.492 e. The Morgan fingerprint density at radius 1 is 1.08 bits per heavy atom. The molecule has 0 aliphatic heterocycles. The van der Waals surface area contributed by atoms with Crippen LogP contribution < -0.4 is 5.14 Å². The number of hydrogen-bond donors (Lipinski definition) is 4. The van der Waals surface area contributed by atoms with E-state index in [0.717, 1.165) is 5.39 Å². The third-order valence-corrected chi connectivity index (χ3v) is 5.05. The Bertz CT molecular complexity index is 1270. The smallest absolute Gasteiger partial charge is 0.240 e. The Hall–Kier alpha value is -2.95. The summed E-state index contributed by atoms with van der Waals surface area (Å²) in [6.45, 7) is 0. The number of halogens is 1. The van der Waals surface area contributed by atoms with Gasteiger partial charge in [0.05, 0.1) is 27.0 Å². The SMILES string of the molecule is NS(=O)(=O)c1ccc(N=Nc2c(O)nc3ccc4c(Cl)[nH][nH]c4c23)cc1. The number of H-pyrrole nitrogens is 2. The second-order valence-electron chi connectivity index (χ2n) is 5.47. The maximum Gasteiger partial charge on any atom is 0.240 e. The van der Waals surface area contributed by atoms with Gasteiger partial charge in [0.2, 0.25) is 15.9 Å². The van der Waals surface area contributed by atoms with Crippen molar-refractivity contribution in [1.29, 1.82) is 0 Å². The Morgan fingerprint density at radius 3 is 2.50 bits per heavy atom. The number of sulfonamides is 1. The molecular formula is C15H11ClN6O3S. The lowest BCUT2D eigenvalue weighted by Crippen LogP contribution is -2.11. The van der Waals surface area contributed by atoms with Crippen molar-refractivity contribution in [3.8, 4) is 5.88 Å². The van der Waals surface area contributed by atoms with E-state index in [9.17, 15) is 13.5 Å². The predicted octanol–water partition coefficient (Wildman–Crippen LogP) is 3.47. The van der Waals surface area contributed by atoms with Crippen LogP contribution in [0.2, 0.25) is 5.15 Å². The molecule has 0 amide bonds. The number of aromatic amines is 2. The van der Waals surface area contributed by atoms with Gasteiger partial charge in [-0.1, -0.05) is 11.6 Å². The predicted molar refractivity (Wildman–Crippen MR) is 96.6 cm³/mol. The molecule has 4 rings (SSSR count). The topological polar surface area (TPSA) is 150 Å². The highest BCUT2D eigenvalue weighted by Crippen LogP contribution is 2.40. The van der Waals surface area contributed by atoms with E-state index in [1.807, 2.05) is 0 Å². The van der Waals surface area contributed by atoms with Gasteiger partial charge in [-0.05, 0) is 36.4 Å². The Labute approximate surface area is 151 Å². The highest BCUT2D eigenvalue weighted by Gasteiger charge is 2.17. The molecule has 0 fully saturated rings. The molecule has 26 heavy (non-hydrogen) atoms. The van der Waals surface area contributed by atoms with E-state index in [4.69, 9.17) is 16.7 Å². The number of nitrogens with two attached hydrogens (primary N) is 1. The summed E-state index contributed by atoms with van der Waals surface area (Å²) in [5.74, 6) is -0.275. The largest absolute Gasteiger partial charge is 0.492 e. The number of primary sulfonamides is 1. The molecule has 4 aromatic rings. The first-order chi connectivity index (χ1) is 12.3. The molecule has 2 aromatic carbocycles. The lowest BCUT2D eigenvalue weighted by Gasteiger charge is -1.98. The van der Waals surface area contributed by atoms with Crippen molar-refractivity contribution in [2.24, 2.45) is 15.4 Å². The van der Waals surface area contributed by atoms with E-state index in [1.165, 1.54) is 24.3 Å². The number of hydrogen-bond acceptors (Lipinski definition) is 6. The monoisotopic (exact) mass is 390 g/mol. The van der Waals surface area contributed by atoms with E-state index >= 15 is 0 Å². The summed E-state index contributed by atoms with van der Waals surface area (Å²) in [6.07, 6.45) is 0. The molecule has 9 nitrogen and oxygen atoms in total.